The summed E-state index contributed by atoms with van der Waals surface area (Å²) in [5, 5.41) is 16.5. The van der Waals surface area contributed by atoms with Crippen LogP contribution in [0.2, 0.25) is 0 Å². The smallest absolute Gasteiger partial charge is 0.410 e. The van der Waals surface area contributed by atoms with Crippen LogP contribution in [-0.2, 0) is 16.6 Å². The van der Waals surface area contributed by atoms with Crippen LogP contribution in [0, 0.1) is 0 Å². The van der Waals surface area contributed by atoms with Crippen molar-refractivity contribution < 1.29 is 32.7 Å². The Hall–Kier alpha value is -3.31. The Kier molecular flexibility index (Phi) is 5.02. The Morgan fingerprint density at radius 1 is 1.26 bits per heavy atom. The van der Waals surface area contributed by atoms with E-state index in [2.05, 4.69) is 10.4 Å². The predicted octanol–water partition coefficient (Wildman–Crippen LogP) is 1.82. The van der Waals surface area contributed by atoms with Crippen LogP contribution in [0.4, 0.5) is 23.7 Å². The van der Waals surface area contributed by atoms with E-state index in [-0.39, 0.29) is 25.4 Å². The maximum absolute atomic E-state index is 13.4. The largest absolute Gasteiger partial charge is 0.465 e. The van der Waals surface area contributed by atoms with Crippen LogP contribution < -0.4 is 10.2 Å². The Balaban J connectivity index is 1.64. The molecule has 166 valence electrons. The Labute approximate surface area is 174 Å². The number of piperazine rings is 1. The average molecular weight is 439 g/mol. The lowest BCUT2D eigenvalue weighted by atomic mass is 9.93. The van der Waals surface area contributed by atoms with E-state index >= 15 is 0 Å². The van der Waals surface area contributed by atoms with E-state index in [0.717, 1.165) is 0 Å². The maximum atomic E-state index is 13.4. The van der Waals surface area contributed by atoms with Crippen molar-refractivity contribution in [3.8, 4) is 0 Å². The van der Waals surface area contributed by atoms with Crippen LogP contribution in [0.5, 0.6) is 0 Å². The molecule has 3 heterocycles. The summed E-state index contributed by atoms with van der Waals surface area (Å²) < 4.78 is 41.8. The molecule has 2 atom stereocenters. The molecule has 2 aromatic rings. The number of benzene rings is 1. The van der Waals surface area contributed by atoms with Gasteiger partial charge in [-0.3, -0.25) is 24.5 Å². The number of piperidine rings is 1. The van der Waals surface area contributed by atoms with Crippen LogP contribution >= 0.6 is 0 Å². The number of fused-ring (bicyclic) bond motifs is 1. The molecule has 2 saturated heterocycles. The lowest BCUT2D eigenvalue weighted by molar-refractivity contribution is -0.178. The second-order valence-corrected chi connectivity index (χ2v) is 7.69. The summed E-state index contributed by atoms with van der Waals surface area (Å²) in [5.41, 5.74) is 1.64. The summed E-state index contributed by atoms with van der Waals surface area (Å²) in [4.78, 5) is 36.8. The zero-order valence-electron chi connectivity index (χ0n) is 16.5. The number of imide groups is 1. The van der Waals surface area contributed by atoms with E-state index in [0.29, 0.717) is 33.6 Å². The van der Waals surface area contributed by atoms with Gasteiger partial charge < -0.3 is 10.0 Å². The van der Waals surface area contributed by atoms with E-state index in [1.807, 2.05) is 0 Å². The van der Waals surface area contributed by atoms with Crippen molar-refractivity contribution in [2.45, 2.75) is 31.0 Å². The number of nitrogens with zero attached hydrogens (tertiary/aromatic N) is 4. The van der Waals surface area contributed by atoms with Crippen molar-refractivity contribution in [3.05, 3.63) is 23.9 Å². The highest BCUT2D eigenvalue weighted by molar-refractivity contribution is 6.02. The van der Waals surface area contributed by atoms with Gasteiger partial charge in [-0.05, 0) is 24.6 Å². The van der Waals surface area contributed by atoms with Crippen molar-refractivity contribution >= 4 is 34.5 Å². The van der Waals surface area contributed by atoms with Crippen LogP contribution in [0.15, 0.2) is 18.2 Å². The molecule has 0 spiro atoms. The number of hydrogen-bond donors (Lipinski definition) is 2. The van der Waals surface area contributed by atoms with Gasteiger partial charge in [-0.15, -0.1) is 0 Å². The van der Waals surface area contributed by atoms with Crippen molar-refractivity contribution in [1.82, 2.24) is 20.0 Å². The fourth-order valence-electron chi connectivity index (χ4n) is 4.21. The summed E-state index contributed by atoms with van der Waals surface area (Å²) in [5.74, 6) is -1.33. The minimum absolute atomic E-state index is 0.113. The molecule has 4 rings (SSSR count). The number of anilines is 1. The molecule has 9 nitrogen and oxygen atoms in total. The molecule has 2 fully saturated rings. The summed E-state index contributed by atoms with van der Waals surface area (Å²) in [6.45, 7) is -0.675. The monoisotopic (exact) mass is 439 g/mol. The highest BCUT2D eigenvalue weighted by Gasteiger charge is 2.48. The van der Waals surface area contributed by atoms with Crippen molar-refractivity contribution in [2.75, 3.05) is 24.5 Å². The number of halogens is 3. The Morgan fingerprint density at radius 2 is 2.00 bits per heavy atom. The van der Waals surface area contributed by atoms with E-state index in [1.54, 1.807) is 29.9 Å². The third-order valence-electron chi connectivity index (χ3n) is 5.80. The van der Waals surface area contributed by atoms with Gasteiger partial charge in [-0.25, -0.2) is 4.79 Å². The number of carbonyl (C=O) groups excluding carboxylic acids is 2. The molecule has 31 heavy (non-hydrogen) atoms. The van der Waals surface area contributed by atoms with E-state index in [9.17, 15) is 27.6 Å². The van der Waals surface area contributed by atoms with Gasteiger partial charge in [0.15, 0.2) is 0 Å². The van der Waals surface area contributed by atoms with Gasteiger partial charge in [-0.2, -0.15) is 18.3 Å². The number of carbonyl (C=O) groups is 3. The number of nitrogens with one attached hydrogen (secondary N) is 1. The molecule has 2 aliphatic rings. The molecule has 0 aliphatic carbocycles. The van der Waals surface area contributed by atoms with E-state index < -0.39 is 36.7 Å². The van der Waals surface area contributed by atoms with Gasteiger partial charge in [0.25, 0.3) is 0 Å². The quantitative estimate of drug-likeness (QED) is 0.692. The van der Waals surface area contributed by atoms with Crippen LogP contribution in [0.1, 0.15) is 24.5 Å². The van der Waals surface area contributed by atoms with E-state index in [4.69, 9.17) is 5.11 Å². The van der Waals surface area contributed by atoms with E-state index in [1.165, 1.54) is 4.90 Å². The van der Waals surface area contributed by atoms with Crippen molar-refractivity contribution in [2.24, 2.45) is 7.05 Å². The minimum atomic E-state index is -4.69. The summed E-state index contributed by atoms with van der Waals surface area (Å²) >= 11 is 0. The molecule has 2 N–H and O–H groups in total. The molecule has 2 aliphatic heterocycles. The van der Waals surface area contributed by atoms with Crippen LogP contribution in [0.25, 0.3) is 10.9 Å². The summed E-state index contributed by atoms with van der Waals surface area (Å²) in [7, 11) is 1.67. The molecule has 12 heteroatoms. The first-order valence-corrected chi connectivity index (χ1v) is 9.68. The minimum Gasteiger partial charge on any atom is -0.465 e. The Bertz CT molecular complexity index is 1070. The average Bonchev–Trinajstić information content (AvgIpc) is 3.02. The predicted molar refractivity (Wildman–Crippen MR) is 103 cm³/mol. The number of rotatable bonds is 2. The van der Waals surface area contributed by atoms with Crippen LogP contribution in [-0.4, -0.2) is 69.5 Å². The molecule has 1 aromatic heterocycles. The number of hydrogen-bond acceptors (Lipinski definition) is 5. The lowest BCUT2D eigenvalue weighted by Gasteiger charge is -2.41. The topological polar surface area (TPSA) is 108 Å². The van der Waals surface area contributed by atoms with Gasteiger partial charge in [0.2, 0.25) is 11.8 Å². The first-order chi connectivity index (χ1) is 14.6. The fraction of sp³-hybridized carbons (Fsp3) is 0.474. The SMILES string of the molecule is Cn1nc(C2CCC(=O)NC2=O)c2ccc(N3CCN(C(=O)O)[C@@H](C(F)(F)F)C3)cc21. The number of aryl methyl sites for hydroxylation is 1. The summed E-state index contributed by atoms with van der Waals surface area (Å²) in [6, 6.07) is 2.90. The van der Waals surface area contributed by atoms with Gasteiger partial charge in [-0.1, -0.05) is 0 Å². The zero-order chi connectivity index (χ0) is 22.5. The Morgan fingerprint density at radius 3 is 2.65 bits per heavy atom. The molecule has 0 radical (unpaired) electrons. The molecule has 0 bridgehead atoms. The van der Waals surface area contributed by atoms with Gasteiger partial charge >= 0.3 is 12.3 Å². The third kappa shape index (κ3) is 3.77. The molecule has 1 aromatic carbocycles. The molecule has 3 amide bonds. The lowest BCUT2D eigenvalue weighted by Crippen LogP contribution is -2.60. The molecular weight excluding hydrogens is 419 g/mol. The fourth-order valence-corrected chi connectivity index (χ4v) is 4.21. The molecule has 1 unspecified atom stereocenters. The van der Waals surface area contributed by atoms with Crippen molar-refractivity contribution in [1.29, 1.82) is 0 Å². The van der Waals surface area contributed by atoms with Gasteiger partial charge in [0.05, 0.1) is 17.1 Å². The number of amides is 3. The number of aromatic nitrogens is 2. The molecule has 0 saturated carbocycles. The normalized spacial score (nSPS) is 22.7. The second-order valence-electron chi connectivity index (χ2n) is 7.69. The standard InChI is InChI=1S/C19H20F3N5O4/c1-25-13-8-10(26-6-7-27(18(30)31)14(9-26)19(20,21)22)2-3-11(13)16(24-25)12-4-5-15(28)23-17(12)29/h2-3,8,12,14H,4-7,9H2,1H3,(H,30,31)(H,23,28,29)/t12?,14-/m1/s1. The summed E-state index contributed by atoms with van der Waals surface area (Å²) in [6.07, 6.45) is -5.74. The second kappa shape index (κ2) is 7.43. The van der Waals surface area contributed by atoms with Crippen LogP contribution in [0.3, 0.4) is 0 Å². The number of carboxylic acid groups (broad SMARTS) is 1. The first kappa shape index (κ1) is 20.9. The van der Waals surface area contributed by atoms with Gasteiger partial charge in [0.1, 0.15) is 6.04 Å². The zero-order valence-corrected chi connectivity index (χ0v) is 16.5. The third-order valence-corrected chi connectivity index (χ3v) is 5.80. The first-order valence-electron chi connectivity index (χ1n) is 9.68. The maximum Gasteiger partial charge on any atom is 0.410 e. The number of alkyl halides is 3. The van der Waals surface area contributed by atoms with Crippen molar-refractivity contribution in [3.63, 3.8) is 0 Å². The highest BCUT2D eigenvalue weighted by atomic mass is 19.4. The highest BCUT2D eigenvalue weighted by Crippen LogP contribution is 2.34. The molecular formula is C19H20F3N5O4. The van der Waals surface area contributed by atoms with Gasteiger partial charge in [0, 0.05) is 44.2 Å².